The largest absolute Gasteiger partial charge is 0.376 e. The molecule has 1 amide bonds. The Kier molecular flexibility index (Phi) is 6.13. The minimum absolute atomic E-state index is 0.214. The number of anilines is 1. The maximum absolute atomic E-state index is 12.3. The number of likely N-dealkylation sites (tertiary alicyclic amines) is 1. The van der Waals surface area contributed by atoms with Crippen molar-refractivity contribution >= 4 is 34.1 Å². The van der Waals surface area contributed by atoms with E-state index >= 15 is 0 Å². The molecule has 23 heavy (non-hydrogen) atoms. The van der Waals surface area contributed by atoms with E-state index in [9.17, 15) is 4.79 Å². The number of amides is 1. The Labute approximate surface area is 145 Å². The number of piperidine rings is 1. The zero-order valence-electron chi connectivity index (χ0n) is 13.5. The van der Waals surface area contributed by atoms with Crippen LogP contribution in [0.4, 0.5) is 5.13 Å². The lowest BCUT2D eigenvalue weighted by Crippen LogP contribution is -2.42. The Morgan fingerprint density at radius 2 is 2.30 bits per heavy atom. The molecule has 2 saturated heterocycles. The van der Waals surface area contributed by atoms with Crippen LogP contribution in [0.1, 0.15) is 39.0 Å². The maximum Gasteiger partial charge on any atom is 0.233 e. The first-order valence-electron chi connectivity index (χ1n) is 8.33. The van der Waals surface area contributed by atoms with Gasteiger partial charge < -0.3 is 15.0 Å². The molecule has 0 aliphatic carbocycles. The first kappa shape index (κ1) is 17.0. The Bertz CT molecular complexity index is 519. The van der Waals surface area contributed by atoms with E-state index < -0.39 is 0 Å². The van der Waals surface area contributed by atoms with Gasteiger partial charge in [-0.05, 0) is 39.0 Å². The van der Waals surface area contributed by atoms with Crippen molar-refractivity contribution in [3.05, 3.63) is 0 Å². The number of aromatic nitrogens is 2. The summed E-state index contributed by atoms with van der Waals surface area (Å²) in [6.07, 6.45) is 6.01. The summed E-state index contributed by atoms with van der Waals surface area (Å²) in [6, 6.07) is 0.370. The highest BCUT2D eigenvalue weighted by Crippen LogP contribution is 2.27. The number of thioether (sulfide) groups is 1. The van der Waals surface area contributed by atoms with Crippen molar-refractivity contribution in [3.63, 3.8) is 0 Å². The van der Waals surface area contributed by atoms with Gasteiger partial charge in [-0.2, -0.15) is 0 Å². The van der Waals surface area contributed by atoms with E-state index in [1.165, 1.54) is 29.5 Å². The Hall–Kier alpha value is -0.860. The van der Waals surface area contributed by atoms with E-state index in [2.05, 4.69) is 22.4 Å². The van der Waals surface area contributed by atoms with Gasteiger partial charge in [0.25, 0.3) is 0 Å². The van der Waals surface area contributed by atoms with Gasteiger partial charge in [0.2, 0.25) is 11.0 Å². The molecule has 1 aromatic rings. The second-order valence-electron chi connectivity index (χ2n) is 6.11. The van der Waals surface area contributed by atoms with E-state index in [-0.39, 0.29) is 12.0 Å². The van der Waals surface area contributed by atoms with Gasteiger partial charge in [0.05, 0.1) is 11.9 Å². The lowest BCUT2D eigenvalue weighted by atomic mass is 10.0. The highest BCUT2D eigenvalue weighted by Gasteiger charge is 2.23. The van der Waals surface area contributed by atoms with Gasteiger partial charge in [-0.3, -0.25) is 4.79 Å². The maximum atomic E-state index is 12.3. The lowest BCUT2D eigenvalue weighted by molar-refractivity contribution is -0.131. The van der Waals surface area contributed by atoms with Crippen LogP contribution in [-0.2, 0) is 9.53 Å². The molecule has 0 saturated carbocycles. The Morgan fingerprint density at radius 3 is 3.09 bits per heavy atom. The molecule has 3 heterocycles. The molecule has 3 rings (SSSR count). The molecule has 1 N–H and O–H groups in total. The lowest BCUT2D eigenvalue weighted by Gasteiger charge is -2.33. The molecular weight excluding hydrogens is 332 g/mol. The quantitative estimate of drug-likeness (QED) is 0.791. The molecule has 1 aromatic heterocycles. The van der Waals surface area contributed by atoms with Gasteiger partial charge in [-0.25, -0.2) is 0 Å². The van der Waals surface area contributed by atoms with Crippen molar-refractivity contribution in [1.82, 2.24) is 15.1 Å². The minimum atomic E-state index is 0.214. The molecule has 2 aliphatic rings. The summed E-state index contributed by atoms with van der Waals surface area (Å²) in [5, 5.41) is 12.4. The highest BCUT2D eigenvalue weighted by molar-refractivity contribution is 8.01. The average molecular weight is 357 g/mol. The van der Waals surface area contributed by atoms with Gasteiger partial charge in [-0.15, -0.1) is 10.2 Å². The molecule has 2 aliphatic heterocycles. The Morgan fingerprint density at radius 1 is 1.39 bits per heavy atom. The van der Waals surface area contributed by atoms with E-state index in [1.54, 1.807) is 0 Å². The molecule has 0 spiro atoms. The molecule has 0 aromatic carbocycles. The van der Waals surface area contributed by atoms with Gasteiger partial charge in [0, 0.05) is 25.7 Å². The van der Waals surface area contributed by atoms with Crippen molar-refractivity contribution in [2.24, 2.45) is 0 Å². The predicted octanol–water partition coefficient (Wildman–Crippen LogP) is 2.62. The summed E-state index contributed by atoms with van der Waals surface area (Å²) >= 11 is 2.99. The zero-order chi connectivity index (χ0) is 16.1. The summed E-state index contributed by atoms with van der Waals surface area (Å²) < 4.78 is 6.42. The van der Waals surface area contributed by atoms with Gasteiger partial charge in [-0.1, -0.05) is 23.1 Å². The topological polar surface area (TPSA) is 67.4 Å². The Balaban J connectivity index is 1.42. The number of carbonyl (C=O) groups excluding carboxylic acids is 1. The monoisotopic (exact) mass is 356 g/mol. The number of nitrogens with one attached hydrogen (secondary N) is 1. The van der Waals surface area contributed by atoms with E-state index in [1.807, 2.05) is 4.90 Å². The summed E-state index contributed by atoms with van der Waals surface area (Å²) in [5.74, 6) is 0.663. The van der Waals surface area contributed by atoms with Crippen LogP contribution in [0.5, 0.6) is 0 Å². The van der Waals surface area contributed by atoms with Crippen molar-refractivity contribution in [1.29, 1.82) is 0 Å². The van der Waals surface area contributed by atoms with Crippen LogP contribution in [0.25, 0.3) is 0 Å². The summed E-state index contributed by atoms with van der Waals surface area (Å²) in [6.45, 7) is 4.68. The van der Waals surface area contributed by atoms with Gasteiger partial charge >= 0.3 is 0 Å². The molecule has 128 valence electrons. The molecule has 0 bridgehead atoms. The van der Waals surface area contributed by atoms with E-state index in [0.29, 0.717) is 11.8 Å². The summed E-state index contributed by atoms with van der Waals surface area (Å²) in [4.78, 5) is 14.3. The molecule has 0 unspecified atom stereocenters. The van der Waals surface area contributed by atoms with Crippen LogP contribution in [0, 0.1) is 0 Å². The second kappa shape index (κ2) is 8.30. The van der Waals surface area contributed by atoms with E-state index in [4.69, 9.17) is 4.74 Å². The number of carbonyl (C=O) groups is 1. The van der Waals surface area contributed by atoms with Crippen molar-refractivity contribution in [2.75, 3.05) is 30.8 Å². The van der Waals surface area contributed by atoms with Crippen molar-refractivity contribution in [3.8, 4) is 0 Å². The summed E-state index contributed by atoms with van der Waals surface area (Å²) in [7, 11) is 0. The predicted molar refractivity (Wildman–Crippen MR) is 93.1 cm³/mol. The van der Waals surface area contributed by atoms with Crippen LogP contribution in [0.15, 0.2) is 4.34 Å². The normalized spacial score (nSPS) is 24.8. The number of nitrogens with zero attached hydrogens (tertiary/aromatic N) is 3. The standard InChI is InChI=1S/C15H24N4O2S2/c1-11-5-2-3-7-19(11)13(20)10-22-15-18-17-14(23-15)16-9-12-6-4-8-21-12/h11-12H,2-10H2,1H3,(H,16,17)/t11-,12+/m0/s1. The van der Waals surface area contributed by atoms with Crippen LogP contribution >= 0.6 is 23.1 Å². The van der Waals surface area contributed by atoms with Gasteiger partial charge in [0.1, 0.15) is 0 Å². The average Bonchev–Trinajstić information content (AvgIpc) is 3.22. The third-order valence-electron chi connectivity index (χ3n) is 4.35. The molecule has 8 heteroatoms. The molecule has 2 fully saturated rings. The van der Waals surface area contributed by atoms with Crippen molar-refractivity contribution in [2.45, 2.75) is 55.5 Å². The number of hydrogen-bond acceptors (Lipinski definition) is 7. The minimum Gasteiger partial charge on any atom is -0.376 e. The fraction of sp³-hybridized carbons (Fsp3) is 0.800. The van der Waals surface area contributed by atoms with Crippen LogP contribution in [-0.4, -0.2) is 58.6 Å². The molecular formula is C15H24N4O2S2. The first-order chi connectivity index (χ1) is 11.2. The smallest absolute Gasteiger partial charge is 0.233 e. The number of hydrogen-bond donors (Lipinski definition) is 1. The highest BCUT2D eigenvalue weighted by atomic mass is 32.2. The molecule has 6 nitrogen and oxygen atoms in total. The number of ether oxygens (including phenoxy) is 1. The van der Waals surface area contributed by atoms with E-state index in [0.717, 1.165) is 54.9 Å². The molecule has 2 atom stereocenters. The van der Waals surface area contributed by atoms with Crippen LogP contribution in [0.2, 0.25) is 0 Å². The SMILES string of the molecule is C[C@H]1CCCCN1C(=O)CSc1nnc(NC[C@H]2CCCO2)s1. The van der Waals surface area contributed by atoms with Crippen LogP contribution < -0.4 is 5.32 Å². The summed E-state index contributed by atoms with van der Waals surface area (Å²) in [5.41, 5.74) is 0. The number of rotatable bonds is 6. The van der Waals surface area contributed by atoms with Crippen molar-refractivity contribution < 1.29 is 9.53 Å². The fourth-order valence-corrected chi connectivity index (χ4v) is 4.67. The second-order valence-corrected chi connectivity index (χ2v) is 8.31. The third kappa shape index (κ3) is 4.81. The first-order valence-corrected chi connectivity index (χ1v) is 10.1. The van der Waals surface area contributed by atoms with Crippen LogP contribution in [0.3, 0.4) is 0 Å². The fourth-order valence-electron chi connectivity index (χ4n) is 3.02. The van der Waals surface area contributed by atoms with Gasteiger partial charge in [0.15, 0.2) is 4.34 Å². The molecule has 0 radical (unpaired) electrons. The third-order valence-corrected chi connectivity index (χ3v) is 6.35. The zero-order valence-corrected chi connectivity index (χ0v) is 15.1.